The van der Waals surface area contributed by atoms with Gasteiger partial charge in [0.15, 0.2) is 0 Å². The second-order valence-corrected chi connectivity index (χ2v) is 4.63. The molecule has 3 heteroatoms. The van der Waals surface area contributed by atoms with Crippen molar-refractivity contribution in [2.45, 2.75) is 25.3 Å². The van der Waals surface area contributed by atoms with Crippen LogP contribution in [0.5, 0.6) is 0 Å². The molecular weight excluding hydrogens is 174 g/mol. The molecule has 2 unspecified atom stereocenters. The quantitative estimate of drug-likeness (QED) is 0.620. The van der Waals surface area contributed by atoms with Gasteiger partial charge in [-0.15, -0.1) is 0 Å². The number of likely N-dealkylation sites (N-methyl/N-ethyl adjacent to an activating group) is 1. The number of nitrogens with zero attached hydrogens (tertiary/aromatic N) is 3. The van der Waals surface area contributed by atoms with Crippen LogP contribution in [0.4, 0.5) is 0 Å². The SMILES string of the molecule is CN1CCN(C2CCC(C#N)C2)CC1. The van der Waals surface area contributed by atoms with Gasteiger partial charge >= 0.3 is 0 Å². The summed E-state index contributed by atoms with van der Waals surface area (Å²) in [6.07, 6.45) is 3.47. The predicted molar refractivity (Wildman–Crippen MR) is 55.8 cm³/mol. The minimum absolute atomic E-state index is 0.333. The first-order chi connectivity index (χ1) is 6.79. The highest BCUT2D eigenvalue weighted by Gasteiger charge is 2.30. The highest BCUT2D eigenvalue weighted by molar-refractivity contribution is 4.94. The molecule has 0 bridgehead atoms. The van der Waals surface area contributed by atoms with E-state index in [1.807, 2.05) is 0 Å². The highest BCUT2D eigenvalue weighted by atomic mass is 15.3. The van der Waals surface area contributed by atoms with Crippen molar-refractivity contribution >= 4 is 0 Å². The topological polar surface area (TPSA) is 30.3 Å². The maximum absolute atomic E-state index is 8.85. The summed E-state index contributed by atoms with van der Waals surface area (Å²) >= 11 is 0. The molecule has 2 aliphatic rings. The van der Waals surface area contributed by atoms with E-state index < -0.39 is 0 Å². The van der Waals surface area contributed by atoms with Gasteiger partial charge in [-0.25, -0.2) is 0 Å². The van der Waals surface area contributed by atoms with Gasteiger partial charge in [0.1, 0.15) is 0 Å². The van der Waals surface area contributed by atoms with E-state index >= 15 is 0 Å². The molecule has 2 fully saturated rings. The lowest BCUT2D eigenvalue weighted by Gasteiger charge is -2.36. The Bertz CT molecular complexity index is 225. The van der Waals surface area contributed by atoms with E-state index in [1.165, 1.54) is 32.6 Å². The zero-order chi connectivity index (χ0) is 9.97. The van der Waals surface area contributed by atoms with E-state index in [9.17, 15) is 0 Å². The zero-order valence-electron chi connectivity index (χ0n) is 8.95. The molecule has 1 aliphatic carbocycles. The highest BCUT2D eigenvalue weighted by Crippen LogP contribution is 2.29. The van der Waals surface area contributed by atoms with Gasteiger partial charge in [-0.2, -0.15) is 5.26 Å². The summed E-state index contributed by atoms with van der Waals surface area (Å²) in [5.41, 5.74) is 0. The third-order valence-electron chi connectivity index (χ3n) is 3.64. The molecule has 3 nitrogen and oxygen atoms in total. The third kappa shape index (κ3) is 2.08. The summed E-state index contributed by atoms with van der Waals surface area (Å²) < 4.78 is 0. The Balaban J connectivity index is 1.83. The molecule has 78 valence electrons. The van der Waals surface area contributed by atoms with Gasteiger partial charge in [0, 0.05) is 38.1 Å². The van der Waals surface area contributed by atoms with Crippen LogP contribution in [-0.4, -0.2) is 49.1 Å². The molecule has 2 atom stereocenters. The first-order valence-electron chi connectivity index (χ1n) is 5.62. The van der Waals surface area contributed by atoms with E-state index in [0.29, 0.717) is 12.0 Å². The largest absolute Gasteiger partial charge is 0.304 e. The molecule has 0 spiro atoms. The van der Waals surface area contributed by atoms with Crippen LogP contribution in [0.3, 0.4) is 0 Å². The van der Waals surface area contributed by atoms with Crippen LogP contribution in [0.15, 0.2) is 0 Å². The molecule has 1 heterocycles. The van der Waals surface area contributed by atoms with Crippen LogP contribution < -0.4 is 0 Å². The number of rotatable bonds is 1. The van der Waals surface area contributed by atoms with Gasteiger partial charge in [0.25, 0.3) is 0 Å². The van der Waals surface area contributed by atoms with Crippen LogP contribution >= 0.6 is 0 Å². The Morgan fingerprint density at radius 1 is 1.14 bits per heavy atom. The van der Waals surface area contributed by atoms with Crippen molar-refractivity contribution in [2.75, 3.05) is 33.2 Å². The molecule has 0 aromatic rings. The van der Waals surface area contributed by atoms with Gasteiger partial charge in [-0.1, -0.05) is 0 Å². The van der Waals surface area contributed by atoms with Crippen molar-refractivity contribution < 1.29 is 0 Å². The van der Waals surface area contributed by atoms with Gasteiger partial charge in [0.2, 0.25) is 0 Å². The zero-order valence-corrected chi connectivity index (χ0v) is 8.95. The number of nitriles is 1. The Labute approximate surface area is 86.3 Å². The number of piperazine rings is 1. The van der Waals surface area contributed by atoms with Gasteiger partial charge in [-0.3, -0.25) is 4.90 Å². The molecule has 0 radical (unpaired) electrons. The maximum Gasteiger partial charge on any atom is 0.0656 e. The molecule has 1 saturated carbocycles. The van der Waals surface area contributed by atoms with Crippen molar-refractivity contribution in [1.82, 2.24) is 9.80 Å². The van der Waals surface area contributed by atoms with E-state index in [4.69, 9.17) is 5.26 Å². The number of hydrogen-bond acceptors (Lipinski definition) is 3. The third-order valence-corrected chi connectivity index (χ3v) is 3.64. The second kappa shape index (κ2) is 4.29. The summed E-state index contributed by atoms with van der Waals surface area (Å²) in [6, 6.07) is 3.11. The lowest BCUT2D eigenvalue weighted by molar-refractivity contribution is 0.113. The second-order valence-electron chi connectivity index (χ2n) is 4.63. The molecule has 1 aliphatic heterocycles. The predicted octanol–water partition coefficient (Wildman–Crippen LogP) is 0.926. The van der Waals surface area contributed by atoms with Crippen LogP contribution in [0, 0.1) is 17.2 Å². The standard InChI is InChI=1S/C11H19N3/c1-13-4-6-14(7-5-13)11-3-2-10(8-11)9-12/h10-11H,2-8H2,1H3. The van der Waals surface area contributed by atoms with Crippen LogP contribution in [0.25, 0.3) is 0 Å². The smallest absolute Gasteiger partial charge is 0.0656 e. The minimum Gasteiger partial charge on any atom is -0.304 e. The summed E-state index contributed by atoms with van der Waals surface area (Å²) in [4.78, 5) is 4.96. The van der Waals surface area contributed by atoms with E-state index in [1.54, 1.807) is 0 Å². The van der Waals surface area contributed by atoms with Gasteiger partial charge in [-0.05, 0) is 26.3 Å². The summed E-state index contributed by atoms with van der Waals surface area (Å²) in [7, 11) is 2.18. The first kappa shape index (κ1) is 9.95. The van der Waals surface area contributed by atoms with E-state index in [0.717, 1.165) is 12.8 Å². The Hall–Kier alpha value is -0.590. The molecule has 14 heavy (non-hydrogen) atoms. The lowest BCUT2D eigenvalue weighted by Crippen LogP contribution is -2.48. The Morgan fingerprint density at radius 3 is 2.43 bits per heavy atom. The fourth-order valence-corrected chi connectivity index (χ4v) is 2.59. The summed E-state index contributed by atoms with van der Waals surface area (Å²) in [6.45, 7) is 4.76. The van der Waals surface area contributed by atoms with Gasteiger partial charge < -0.3 is 4.90 Å². The molecule has 0 amide bonds. The fraction of sp³-hybridized carbons (Fsp3) is 0.909. The monoisotopic (exact) mass is 193 g/mol. The first-order valence-corrected chi connectivity index (χ1v) is 5.62. The van der Waals surface area contributed by atoms with Crippen LogP contribution in [0.2, 0.25) is 0 Å². The minimum atomic E-state index is 0.333. The van der Waals surface area contributed by atoms with Crippen molar-refractivity contribution in [3.63, 3.8) is 0 Å². The van der Waals surface area contributed by atoms with Crippen molar-refractivity contribution in [3.8, 4) is 6.07 Å². The average Bonchev–Trinajstić information content (AvgIpc) is 2.67. The molecule has 2 rings (SSSR count). The average molecular weight is 193 g/mol. The van der Waals surface area contributed by atoms with Crippen LogP contribution in [-0.2, 0) is 0 Å². The van der Waals surface area contributed by atoms with Gasteiger partial charge in [0.05, 0.1) is 6.07 Å². The van der Waals surface area contributed by atoms with Crippen molar-refractivity contribution in [3.05, 3.63) is 0 Å². The molecule has 0 aromatic heterocycles. The lowest BCUT2D eigenvalue weighted by atomic mass is 10.1. The maximum atomic E-state index is 8.85. The van der Waals surface area contributed by atoms with Crippen molar-refractivity contribution in [1.29, 1.82) is 5.26 Å². The fourth-order valence-electron chi connectivity index (χ4n) is 2.59. The van der Waals surface area contributed by atoms with Crippen LogP contribution in [0.1, 0.15) is 19.3 Å². The Kier molecular flexibility index (Phi) is 3.05. The molecule has 0 N–H and O–H groups in total. The number of hydrogen-bond donors (Lipinski definition) is 0. The molecule has 1 saturated heterocycles. The Morgan fingerprint density at radius 2 is 1.86 bits per heavy atom. The van der Waals surface area contributed by atoms with E-state index in [2.05, 4.69) is 22.9 Å². The normalized spacial score (nSPS) is 35.7. The molecule has 0 aromatic carbocycles. The van der Waals surface area contributed by atoms with E-state index in [-0.39, 0.29) is 0 Å². The summed E-state index contributed by atoms with van der Waals surface area (Å²) in [5.74, 6) is 0.333. The summed E-state index contributed by atoms with van der Waals surface area (Å²) in [5, 5.41) is 8.85. The molecular formula is C11H19N3. The van der Waals surface area contributed by atoms with Crippen molar-refractivity contribution in [2.24, 2.45) is 5.92 Å².